The van der Waals surface area contributed by atoms with Crippen molar-refractivity contribution in [1.82, 2.24) is 4.90 Å². The summed E-state index contributed by atoms with van der Waals surface area (Å²) in [5.41, 5.74) is -0.0680. The Kier molecular flexibility index (Phi) is 3.53. The first kappa shape index (κ1) is 11.5. The van der Waals surface area contributed by atoms with E-state index in [1.807, 2.05) is 4.90 Å². The zero-order valence-corrected chi connectivity index (χ0v) is 9.67. The van der Waals surface area contributed by atoms with Crippen LogP contribution in [0.1, 0.15) is 40.5 Å². The van der Waals surface area contributed by atoms with Gasteiger partial charge in [0.25, 0.3) is 5.91 Å². The maximum atomic E-state index is 11.9. The minimum absolute atomic E-state index is 0.0680. The van der Waals surface area contributed by atoms with E-state index in [1.54, 1.807) is 0 Å². The minimum atomic E-state index is -0.186. The lowest BCUT2D eigenvalue weighted by Crippen LogP contribution is -2.44. The SMILES string of the molecule is CCCOC1CCN(C(C)(C)C)C1=O. The van der Waals surface area contributed by atoms with E-state index in [0.717, 1.165) is 19.4 Å². The number of likely N-dealkylation sites (tertiary alicyclic amines) is 1. The molecule has 0 aromatic rings. The summed E-state index contributed by atoms with van der Waals surface area (Å²) in [4.78, 5) is 13.8. The number of hydrogen-bond acceptors (Lipinski definition) is 2. The molecule has 1 amide bonds. The van der Waals surface area contributed by atoms with Crippen molar-refractivity contribution in [3.63, 3.8) is 0 Å². The van der Waals surface area contributed by atoms with Gasteiger partial charge in [-0.2, -0.15) is 0 Å². The largest absolute Gasteiger partial charge is 0.368 e. The monoisotopic (exact) mass is 199 g/mol. The van der Waals surface area contributed by atoms with Crippen LogP contribution < -0.4 is 0 Å². The van der Waals surface area contributed by atoms with Crippen LogP contribution in [0.3, 0.4) is 0 Å². The van der Waals surface area contributed by atoms with Gasteiger partial charge in [-0.15, -0.1) is 0 Å². The van der Waals surface area contributed by atoms with Crippen molar-refractivity contribution < 1.29 is 9.53 Å². The van der Waals surface area contributed by atoms with Crippen LogP contribution in [0.15, 0.2) is 0 Å². The van der Waals surface area contributed by atoms with Gasteiger partial charge in [0.1, 0.15) is 6.10 Å². The van der Waals surface area contributed by atoms with Crippen molar-refractivity contribution >= 4 is 5.91 Å². The van der Waals surface area contributed by atoms with Gasteiger partial charge in [-0.1, -0.05) is 6.92 Å². The molecule has 82 valence electrons. The molecule has 0 aromatic carbocycles. The van der Waals surface area contributed by atoms with Crippen LogP contribution in [0.2, 0.25) is 0 Å². The van der Waals surface area contributed by atoms with Crippen molar-refractivity contribution in [3.05, 3.63) is 0 Å². The molecule has 1 aliphatic rings. The van der Waals surface area contributed by atoms with Crippen LogP contribution in [0, 0.1) is 0 Å². The molecule has 1 aliphatic heterocycles. The Morgan fingerprint density at radius 2 is 2.14 bits per heavy atom. The third-order valence-corrected chi connectivity index (χ3v) is 2.49. The summed E-state index contributed by atoms with van der Waals surface area (Å²) in [6.07, 6.45) is 1.63. The van der Waals surface area contributed by atoms with E-state index in [-0.39, 0.29) is 17.6 Å². The molecule has 1 atom stereocenters. The van der Waals surface area contributed by atoms with Crippen LogP contribution in [0.25, 0.3) is 0 Å². The van der Waals surface area contributed by atoms with E-state index >= 15 is 0 Å². The second kappa shape index (κ2) is 4.30. The van der Waals surface area contributed by atoms with Gasteiger partial charge in [0.15, 0.2) is 0 Å². The standard InChI is InChI=1S/C11H21NO2/c1-5-8-14-9-6-7-12(10(9)13)11(2,3)4/h9H,5-8H2,1-4H3. The molecule has 0 aliphatic carbocycles. The molecule has 1 heterocycles. The molecule has 1 fully saturated rings. The molecule has 0 spiro atoms. The molecular formula is C11H21NO2. The van der Waals surface area contributed by atoms with E-state index in [0.29, 0.717) is 6.61 Å². The maximum Gasteiger partial charge on any atom is 0.252 e. The lowest BCUT2D eigenvalue weighted by atomic mass is 10.1. The van der Waals surface area contributed by atoms with Crippen molar-refractivity contribution in [2.45, 2.75) is 52.2 Å². The molecule has 14 heavy (non-hydrogen) atoms. The van der Waals surface area contributed by atoms with Gasteiger partial charge in [0, 0.05) is 25.1 Å². The summed E-state index contributed by atoms with van der Waals surface area (Å²) in [6, 6.07) is 0. The minimum Gasteiger partial charge on any atom is -0.368 e. The van der Waals surface area contributed by atoms with Gasteiger partial charge in [0.05, 0.1) is 0 Å². The second-order valence-electron chi connectivity index (χ2n) is 4.81. The third-order valence-electron chi connectivity index (χ3n) is 2.49. The van der Waals surface area contributed by atoms with Gasteiger partial charge in [-0.05, 0) is 27.2 Å². The molecule has 3 nitrogen and oxygen atoms in total. The predicted molar refractivity (Wildman–Crippen MR) is 56.1 cm³/mol. The van der Waals surface area contributed by atoms with Gasteiger partial charge in [0.2, 0.25) is 0 Å². The van der Waals surface area contributed by atoms with Crippen molar-refractivity contribution in [2.24, 2.45) is 0 Å². The van der Waals surface area contributed by atoms with Crippen LogP contribution in [0.4, 0.5) is 0 Å². The number of ether oxygens (including phenoxy) is 1. The Labute approximate surface area is 86.4 Å². The zero-order chi connectivity index (χ0) is 10.8. The molecule has 1 saturated heterocycles. The predicted octanol–water partition coefficient (Wildman–Crippen LogP) is 1.81. The molecule has 0 saturated carbocycles. The average Bonchev–Trinajstić information content (AvgIpc) is 2.42. The van der Waals surface area contributed by atoms with Crippen LogP contribution in [-0.2, 0) is 9.53 Å². The fourth-order valence-corrected chi connectivity index (χ4v) is 1.73. The molecule has 0 bridgehead atoms. The Balaban J connectivity index is 2.52. The average molecular weight is 199 g/mol. The van der Waals surface area contributed by atoms with Crippen molar-refractivity contribution in [1.29, 1.82) is 0 Å². The third kappa shape index (κ3) is 2.47. The number of amides is 1. The number of nitrogens with zero attached hydrogens (tertiary/aromatic N) is 1. The highest BCUT2D eigenvalue weighted by Gasteiger charge is 2.37. The summed E-state index contributed by atoms with van der Waals surface area (Å²) < 4.78 is 5.50. The molecule has 0 radical (unpaired) electrons. The first-order chi connectivity index (χ1) is 6.46. The Bertz CT molecular complexity index is 208. The molecule has 1 unspecified atom stereocenters. The fraction of sp³-hybridized carbons (Fsp3) is 0.909. The van der Waals surface area contributed by atoms with E-state index in [2.05, 4.69) is 27.7 Å². The van der Waals surface area contributed by atoms with E-state index in [1.165, 1.54) is 0 Å². The molecule has 0 aromatic heterocycles. The summed E-state index contributed by atoms with van der Waals surface area (Å²) in [5.74, 6) is 0.158. The summed E-state index contributed by atoms with van der Waals surface area (Å²) >= 11 is 0. The van der Waals surface area contributed by atoms with Crippen LogP contribution >= 0.6 is 0 Å². The second-order valence-corrected chi connectivity index (χ2v) is 4.81. The zero-order valence-electron chi connectivity index (χ0n) is 9.67. The smallest absolute Gasteiger partial charge is 0.252 e. The van der Waals surface area contributed by atoms with Gasteiger partial charge in [-0.25, -0.2) is 0 Å². The Hall–Kier alpha value is -0.570. The normalized spacial score (nSPS) is 23.3. The van der Waals surface area contributed by atoms with E-state index in [9.17, 15) is 4.79 Å². The van der Waals surface area contributed by atoms with E-state index < -0.39 is 0 Å². The first-order valence-electron chi connectivity index (χ1n) is 5.40. The fourth-order valence-electron chi connectivity index (χ4n) is 1.73. The number of carbonyl (C=O) groups is 1. The number of rotatable bonds is 3. The lowest BCUT2D eigenvalue weighted by Gasteiger charge is -2.31. The number of hydrogen-bond donors (Lipinski definition) is 0. The highest BCUT2D eigenvalue weighted by molar-refractivity contribution is 5.83. The quantitative estimate of drug-likeness (QED) is 0.694. The van der Waals surface area contributed by atoms with Gasteiger partial charge >= 0.3 is 0 Å². The van der Waals surface area contributed by atoms with Gasteiger partial charge in [-0.3, -0.25) is 4.79 Å². The molecule has 3 heteroatoms. The van der Waals surface area contributed by atoms with Crippen LogP contribution in [-0.4, -0.2) is 35.6 Å². The van der Waals surface area contributed by atoms with Crippen LogP contribution in [0.5, 0.6) is 0 Å². The molecule has 1 rings (SSSR count). The maximum absolute atomic E-state index is 11.9. The Morgan fingerprint density at radius 1 is 1.50 bits per heavy atom. The van der Waals surface area contributed by atoms with E-state index in [4.69, 9.17) is 4.74 Å². The van der Waals surface area contributed by atoms with Crippen molar-refractivity contribution in [2.75, 3.05) is 13.2 Å². The topological polar surface area (TPSA) is 29.5 Å². The number of carbonyl (C=O) groups excluding carboxylic acids is 1. The van der Waals surface area contributed by atoms with Gasteiger partial charge < -0.3 is 9.64 Å². The first-order valence-corrected chi connectivity index (χ1v) is 5.40. The molecule has 0 N–H and O–H groups in total. The summed E-state index contributed by atoms with van der Waals surface area (Å²) in [5, 5.41) is 0. The molecular weight excluding hydrogens is 178 g/mol. The lowest BCUT2D eigenvalue weighted by molar-refractivity contribution is -0.141. The van der Waals surface area contributed by atoms with Crippen molar-refractivity contribution in [3.8, 4) is 0 Å². The summed E-state index contributed by atoms with van der Waals surface area (Å²) in [7, 11) is 0. The highest BCUT2D eigenvalue weighted by Crippen LogP contribution is 2.23. The summed E-state index contributed by atoms with van der Waals surface area (Å²) in [6.45, 7) is 9.76. The Morgan fingerprint density at radius 3 is 2.57 bits per heavy atom. The highest BCUT2D eigenvalue weighted by atomic mass is 16.5.